The first-order valence-corrected chi connectivity index (χ1v) is 10.8. The Balaban J connectivity index is 1.59. The summed E-state index contributed by atoms with van der Waals surface area (Å²) in [7, 11) is 0. The molecule has 1 aliphatic carbocycles. The van der Waals surface area contributed by atoms with Crippen LogP contribution in [0.3, 0.4) is 0 Å². The van der Waals surface area contributed by atoms with Crippen LogP contribution in [0, 0.1) is 6.92 Å². The lowest BCUT2D eigenvalue weighted by Crippen LogP contribution is -2.27. The van der Waals surface area contributed by atoms with Gasteiger partial charge in [-0.3, -0.25) is 4.79 Å². The Morgan fingerprint density at radius 2 is 1.83 bits per heavy atom. The molecule has 0 bridgehead atoms. The molecule has 0 saturated heterocycles. The number of carbonyl (C=O) groups is 2. The summed E-state index contributed by atoms with van der Waals surface area (Å²) < 4.78 is 5.69. The fourth-order valence-corrected chi connectivity index (χ4v) is 3.80. The van der Waals surface area contributed by atoms with Gasteiger partial charge in [-0.2, -0.15) is 0 Å². The summed E-state index contributed by atoms with van der Waals surface area (Å²) in [4.78, 5) is 24.3. The van der Waals surface area contributed by atoms with Gasteiger partial charge in [0, 0.05) is 16.1 Å². The minimum absolute atomic E-state index is 0.114. The number of carbonyl (C=O) groups excluding carboxylic acids is 1. The molecule has 0 heterocycles. The Hall–Kier alpha value is -2.59. The van der Waals surface area contributed by atoms with E-state index >= 15 is 0 Å². The highest BCUT2D eigenvalue weighted by Gasteiger charge is 2.20. The molecule has 1 aliphatic rings. The second kappa shape index (κ2) is 10.4. The van der Waals surface area contributed by atoms with Gasteiger partial charge < -0.3 is 9.84 Å². The van der Waals surface area contributed by atoms with Gasteiger partial charge in [0.15, 0.2) is 11.9 Å². The van der Waals surface area contributed by atoms with Gasteiger partial charge in [0.1, 0.15) is 5.75 Å². The topological polar surface area (TPSA) is 63.6 Å². The maximum absolute atomic E-state index is 12.7. The summed E-state index contributed by atoms with van der Waals surface area (Å²) in [5.41, 5.74) is 3.35. The normalized spacial score (nSPS) is 14.7. The molecule has 3 rings (SSSR count). The fourth-order valence-electron chi connectivity index (χ4n) is 3.68. The Labute approximate surface area is 182 Å². The number of ketones is 1. The van der Waals surface area contributed by atoms with Crippen molar-refractivity contribution < 1.29 is 19.4 Å². The number of rotatable bonds is 9. The van der Waals surface area contributed by atoms with Gasteiger partial charge in [-0.1, -0.05) is 23.3 Å². The zero-order valence-corrected chi connectivity index (χ0v) is 18.0. The highest BCUT2D eigenvalue weighted by Crippen LogP contribution is 2.24. The average Bonchev–Trinajstić information content (AvgIpc) is 2.75. The molecule has 1 unspecified atom stereocenters. The average molecular weight is 427 g/mol. The molecule has 1 N–H and O–H groups in total. The summed E-state index contributed by atoms with van der Waals surface area (Å²) in [6, 6.07) is 11.8. The molecule has 4 nitrogen and oxygen atoms in total. The summed E-state index contributed by atoms with van der Waals surface area (Å²) in [6.45, 7) is 1.85. The molecule has 0 radical (unpaired) electrons. The molecule has 0 fully saturated rings. The van der Waals surface area contributed by atoms with E-state index in [1.807, 2.05) is 6.92 Å². The van der Waals surface area contributed by atoms with E-state index in [0.29, 0.717) is 28.3 Å². The van der Waals surface area contributed by atoms with Crippen molar-refractivity contribution in [3.05, 3.63) is 75.8 Å². The number of carboxylic acid groups (broad SMARTS) is 1. The number of hydrogen-bond donors (Lipinski definition) is 1. The van der Waals surface area contributed by atoms with Crippen LogP contribution in [0.1, 0.15) is 66.4 Å². The molecule has 1 atom stereocenters. The first-order valence-electron chi connectivity index (χ1n) is 10.4. The molecule has 0 amide bonds. The van der Waals surface area contributed by atoms with Crippen LogP contribution in [-0.2, 0) is 4.79 Å². The summed E-state index contributed by atoms with van der Waals surface area (Å²) >= 11 is 6.03. The quantitative estimate of drug-likeness (QED) is 0.373. The van der Waals surface area contributed by atoms with Gasteiger partial charge in [-0.15, -0.1) is 0 Å². The van der Waals surface area contributed by atoms with Crippen molar-refractivity contribution in [2.75, 3.05) is 0 Å². The third-order valence-corrected chi connectivity index (χ3v) is 5.86. The smallest absolute Gasteiger partial charge is 0.344 e. The summed E-state index contributed by atoms with van der Waals surface area (Å²) in [5, 5.41) is 10.1. The maximum atomic E-state index is 12.7. The molecular formula is C25H27ClO4. The highest BCUT2D eigenvalue weighted by molar-refractivity contribution is 6.31. The van der Waals surface area contributed by atoms with E-state index in [4.69, 9.17) is 16.3 Å². The Kier molecular flexibility index (Phi) is 7.69. The highest BCUT2D eigenvalue weighted by atomic mass is 35.5. The second-order valence-corrected chi connectivity index (χ2v) is 8.17. The number of ether oxygens (including phenoxy) is 1. The number of benzene rings is 2. The van der Waals surface area contributed by atoms with E-state index in [1.54, 1.807) is 42.5 Å². The van der Waals surface area contributed by atoms with Crippen molar-refractivity contribution >= 4 is 23.4 Å². The van der Waals surface area contributed by atoms with Gasteiger partial charge in [-0.25, -0.2) is 4.79 Å². The largest absolute Gasteiger partial charge is 0.479 e. The number of carboxylic acids is 1. The third kappa shape index (κ3) is 5.96. The molecule has 2 aromatic carbocycles. The molecule has 30 heavy (non-hydrogen) atoms. The van der Waals surface area contributed by atoms with Crippen molar-refractivity contribution in [1.29, 1.82) is 0 Å². The first-order chi connectivity index (χ1) is 14.4. The molecule has 158 valence electrons. The summed E-state index contributed by atoms with van der Waals surface area (Å²) in [5.74, 6) is -0.635. The Morgan fingerprint density at radius 3 is 2.47 bits per heavy atom. The SMILES string of the molecule is Cc1cc(C(=O)c2ccc(OC(CCCC3=CCCCC3)C(=O)O)cc2)ccc1Cl. The number of aliphatic carboxylic acids is 1. The van der Waals surface area contributed by atoms with Crippen molar-refractivity contribution in [3.63, 3.8) is 0 Å². The van der Waals surface area contributed by atoms with Crippen LogP contribution in [0.15, 0.2) is 54.1 Å². The lowest BCUT2D eigenvalue weighted by atomic mass is 9.95. The molecule has 0 spiro atoms. The van der Waals surface area contributed by atoms with E-state index in [1.165, 1.54) is 18.4 Å². The molecule has 0 aromatic heterocycles. The van der Waals surface area contributed by atoms with E-state index in [2.05, 4.69) is 6.08 Å². The minimum Gasteiger partial charge on any atom is -0.479 e. The number of halogens is 1. The third-order valence-electron chi connectivity index (χ3n) is 5.44. The number of hydrogen-bond acceptors (Lipinski definition) is 3. The zero-order chi connectivity index (χ0) is 21.5. The number of allylic oxidation sites excluding steroid dienone is 2. The van der Waals surface area contributed by atoms with Crippen LogP contribution in [0.4, 0.5) is 0 Å². The van der Waals surface area contributed by atoms with Crippen LogP contribution < -0.4 is 4.74 Å². The number of aryl methyl sites for hydroxylation is 1. The predicted molar refractivity (Wildman–Crippen MR) is 119 cm³/mol. The minimum atomic E-state index is -0.968. The van der Waals surface area contributed by atoms with E-state index < -0.39 is 12.1 Å². The Morgan fingerprint density at radius 1 is 1.10 bits per heavy atom. The maximum Gasteiger partial charge on any atom is 0.344 e. The molecule has 2 aromatic rings. The molecule has 5 heteroatoms. The second-order valence-electron chi connectivity index (χ2n) is 7.76. The van der Waals surface area contributed by atoms with Gasteiger partial charge in [0.05, 0.1) is 0 Å². The van der Waals surface area contributed by atoms with Gasteiger partial charge in [0.25, 0.3) is 0 Å². The standard InChI is InChI=1S/C25H27ClO4/c1-17-16-20(12-15-22(17)26)24(27)19-10-13-21(14-11-19)30-23(25(28)29)9-5-8-18-6-3-2-4-7-18/h6,10-16,23H,2-5,7-9H2,1H3,(H,28,29). The van der Waals surface area contributed by atoms with Crippen LogP contribution >= 0.6 is 11.6 Å². The molecule has 0 saturated carbocycles. The zero-order valence-electron chi connectivity index (χ0n) is 17.2. The predicted octanol–water partition coefficient (Wildman–Crippen LogP) is 6.38. The monoisotopic (exact) mass is 426 g/mol. The molecular weight excluding hydrogens is 400 g/mol. The lowest BCUT2D eigenvalue weighted by Gasteiger charge is -2.17. The van der Waals surface area contributed by atoms with Gasteiger partial charge >= 0.3 is 5.97 Å². The van der Waals surface area contributed by atoms with Crippen LogP contribution in [-0.4, -0.2) is 23.0 Å². The van der Waals surface area contributed by atoms with Crippen molar-refractivity contribution in [1.82, 2.24) is 0 Å². The van der Waals surface area contributed by atoms with Crippen LogP contribution in [0.2, 0.25) is 5.02 Å². The van der Waals surface area contributed by atoms with Crippen LogP contribution in [0.5, 0.6) is 5.75 Å². The van der Waals surface area contributed by atoms with Gasteiger partial charge in [0.2, 0.25) is 0 Å². The van der Waals surface area contributed by atoms with Crippen molar-refractivity contribution in [2.24, 2.45) is 0 Å². The van der Waals surface area contributed by atoms with Crippen molar-refractivity contribution in [3.8, 4) is 5.75 Å². The van der Waals surface area contributed by atoms with E-state index in [-0.39, 0.29) is 5.78 Å². The molecule has 0 aliphatic heterocycles. The first kappa shape index (κ1) is 22.1. The van der Waals surface area contributed by atoms with E-state index in [0.717, 1.165) is 31.2 Å². The van der Waals surface area contributed by atoms with Crippen molar-refractivity contribution in [2.45, 2.75) is 58.0 Å². The Bertz CT molecular complexity index is 931. The lowest BCUT2D eigenvalue weighted by molar-refractivity contribution is -0.145. The fraction of sp³-hybridized carbons (Fsp3) is 0.360. The van der Waals surface area contributed by atoms with Crippen LogP contribution in [0.25, 0.3) is 0 Å². The van der Waals surface area contributed by atoms with Gasteiger partial charge in [-0.05, 0) is 99.9 Å². The summed E-state index contributed by atoms with van der Waals surface area (Å²) in [6.07, 6.45) is 8.31. The van der Waals surface area contributed by atoms with E-state index in [9.17, 15) is 14.7 Å².